The van der Waals surface area contributed by atoms with E-state index in [2.05, 4.69) is 15.2 Å². The number of nitrogens with zero attached hydrogens (tertiary/aromatic N) is 4. The summed E-state index contributed by atoms with van der Waals surface area (Å²) >= 11 is 0. The van der Waals surface area contributed by atoms with E-state index in [-0.39, 0.29) is 11.8 Å². The molecular formula is C15H21N5O2S. The maximum absolute atomic E-state index is 11.5. The van der Waals surface area contributed by atoms with Gasteiger partial charge in [0.25, 0.3) is 0 Å². The standard InChI is InChI=1S/C15H21N5O2S/c16-23(21,22)12-14-8-4-5-9-19(14)11-15-10-17-18-20(15)13-6-2-1-3-7-13/h1-3,6-7,10,14H,4-5,8-9,11-12H2,(H2,16,21,22). The maximum atomic E-state index is 11.5. The number of sulfonamides is 1. The lowest BCUT2D eigenvalue weighted by Crippen LogP contribution is -2.44. The molecule has 1 fully saturated rings. The molecule has 0 amide bonds. The molecule has 0 saturated carbocycles. The quantitative estimate of drug-likeness (QED) is 0.876. The lowest BCUT2D eigenvalue weighted by molar-refractivity contribution is 0.151. The van der Waals surface area contributed by atoms with Gasteiger partial charge in [0.15, 0.2) is 0 Å². The van der Waals surface area contributed by atoms with Crippen molar-refractivity contribution in [3.05, 3.63) is 42.2 Å². The van der Waals surface area contributed by atoms with Crippen molar-refractivity contribution in [1.82, 2.24) is 19.9 Å². The van der Waals surface area contributed by atoms with Crippen LogP contribution in [0.2, 0.25) is 0 Å². The summed E-state index contributed by atoms with van der Waals surface area (Å²) in [5, 5.41) is 13.4. The van der Waals surface area contributed by atoms with Crippen LogP contribution in [0, 0.1) is 0 Å². The number of aromatic nitrogens is 3. The van der Waals surface area contributed by atoms with Gasteiger partial charge in [-0.1, -0.05) is 29.8 Å². The highest BCUT2D eigenvalue weighted by Crippen LogP contribution is 2.21. The number of piperidine rings is 1. The fraction of sp³-hybridized carbons (Fsp3) is 0.467. The molecule has 1 saturated heterocycles. The molecule has 8 heteroatoms. The second-order valence-corrected chi connectivity index (χ2v) is 7.58. The van der Waals surface area contributed by atoms with Gasteiger partial charge in [-0.05, 0) is 31.5 Å². The normalized spacial score (nSPS) is 19.8. The summed E-state index contributed by atoms with van der Waals surface area (Å²) < 4.78 is 24.7. The summed E-state index contributed by atoms with van der Waals surface area (Å²) in [5.41, 5.74) is 1.89. The zero-order valence-electron chi connectivity index (χ0n) is 12.9. The van der Waals surface area contributed by atoms with Gasteiger partial charge < -0.3 is 0 Å². The van der Waals surface area contributed by atoms with Crippen molar-refractivity contribution in [1.29, 1.82) is 0 Å². The average molecular weight is 335 g/mol. The molecule has 23 heavy (non-hydrogen) atoms. The number of para-hydroxylation sites is 1. The van der Waals surface area contributed by atoms with Crippen LogP contribution < -0.4 is 5.14 Å². The number of hydrogen-bond donors (Lipinski definition) is 1. The zero-order valence-corrected chi connectivity index (χ0v) is 13.7. The molecule has 2 heterocycles. The summed E-state index contributed by atoms with van der Waals surface area (Å²) in [6, 6.07) is 9.74. The Morgan fingerprint density at radius 1 is 1.22 bits per heavy atom. The predicted octanol–water partition coefficient (Wildman–Crippen LogP) is 0.910. The van der Waals surface area contributed by atoms with E-state index in [0.29, 0.717) is 6.54 Å². The molecule has 1 aromatic carbocycles. The number of primary sulfonamides is 1. The minimum Gasteiger partial charge on any atom is -0.293 e. The topological polar surface area (TPSA) is 94.1 Å². The van der Waals surface area contributed by atoms with E-state index in [1.165, 1.54) is 0 Å². The van der Waals surface area contributed by atoms with Gasteiger partial charge in [-0.25, -0.2) is 18.2 Å². The molecular weight excluding hydrogens is 314 g/mol. The molecule has 1 aromatic heterocycles. The summed E-state index contributed by atoms with van der Waals surface area (Å²) in [6.07, 6.45) is 4.68. The van der Waals surface area contributed by atoms with Crippen LogP contribution in [-0.2, 0) is 16.6 Å². The number of hydrogen-bond acceptors (Lipinski definition) is 5. The van der Waals surface area contributed by atoms with E-state index in [1.807, 2.05) is 30.3 Å². The molecule has 2 N–H and O–H groups in total. The Morgan fingerprint density at radius 2 is 2.00 bits per heavy atom. The van der Waals surface area contributed by atoms with Gasteiger partial charge in [-0.3, -0.25) is 4.90 Å². The minimum atomic E-state index is -3.48. The molecule has 1 unspecified atom stereocenters. The Bertz CT molecular complexity index is 744. The monoisotopic (exact) mass is 335 g/mol. The van der Waals surface area contributed by atoms with Crippen LogP contribution in [0.1, 0.15) is 25.0 Å². The van der Waals surface area contributed by atoms with Crippen LogP contribution in [0.3, 0.4) is 0 Å². The third-order valence-corrected chi connectivity index (χ3v) is 5.01. The molecule has 3 rings (SSSR count). The fourth-order valence-electron chi connectivity index (χ4n) is 3.08. The van der Waals surface area contributed by atoms with Crippen molar-refractivity contribution < 1.29 is 8.42 Å². The molecule has 7 nitrogen and oxygen atoms in total. The van der Waals surface area contributed by atoms with Gasteiger partial charge in [0, 0.05) is 12.6 Å². The molecule has 0 spiro atoms. The Kier molecular flexibility index (Phi) is 4.74. The van der Waals surface area contributed by atoms with E-state index in [0.717, 1.165) is 37.2 Å². The van der Waals surface area contributed by atoms with Crippen molar-refractivity contribution >= 4 is 10.0 Å². The van der Waals surface area contributed by atoms with Gasteiger partial charge in [-0.2, -0.15) is 0 Å². The Hall–Kier alpha value is -1.77. The molecule has 0 aliphatic carbocycles. The lowest BCUT2D eigenvalue weighted by atomic mass is 10.0. The predicted molar refractivity (Wildman–Crippen MR) is 87.4 cm³/mol. The Labute approximate surface area is 136 Å². The molecule has 1 aliphatic heterocycles. The first kappa shape index (κ1) is 16.1. The maximum Gasteiger partial charge on any atom is 0.210 e. The highest BCUT2D eigenvalue weighted by atomic mass is 32.2. The van der Waals surface area contributed by atoms with E-state index in [1.54, 1.807) is 10.9 Å². The molecule has 2 aromatic rings. The van der Waals surface area contributed by atoms with Crippen LogP contribution in [-0.4, -0.2) is 46.7 Å². The van der Waals surface area contributed by atoms with Crippen LogP contribution in [0.5, 0.6) is 0 Å². The van der Waals surface area contributed by atoms with Crippen molar-refractivity contribution in [3.63, 3.8) is 0 Å². The smallest absolute Gasteiger partial charge is 0.210 e. The summed E-state index contributed by atoms with van der Waals surface area (Å²) in [7, 11) is -3.48. The van der Waals surface area contributed by atoms with Gasteiger partial charge in [0.2, 0.25) is 10.0 Å². The van der Waals surface area contributed by atoms with E-state index >= 15 is 0 Å². The second kappa shape index (κ2) is 6.77. The van der Waals surface area contributed by atoms with Crippen molar-refractivity contribution in [2.45, 2.75) is 31.8 Å². The Balaban J connectivity index is 1.79. The number of rotatable bonds is 5. The van der Waals surface area contributed by atoms with Crippen LogP contribution >= 0.6 is 0 Å². The Morgan fingerprint density at radius 3 is 2.74 bits per heavy atom. The molecule has 124 valence electrons. The summed E-state index contributed by atoms with van der Waals surface area (Å²) in [6.45, 7) is 1.47. The van der Waals surface area contributed by atoms with Gasteiger partial charge in [0.05, 0.1) is 23.3 Å². The largest absolute Gasteiger partial charge is 0.293 e. The van der Waals surface area contributed by atoms with Crippen LogP contribution in [0.4, 0.5) is 0 Å². The van der Waals surface area contributed by atoms with Gasteiger partial charge in [0.1, 0.15) is 0 Å². The second-order valence-electron chi connectivity index (χ2n) is 5.92. The first-order valence-electron chi connectivity index (χ1n) is 7.72. The first-order valence-corrected chi connectivity index (χ1v) is 9.44. The van der Waals surface area contributed by atoms with Crippen LogP contribution in [0.25, 0.3) is 5.69 Å². The fourth-order valence-corrected chi connectivity index (χ4v) is 4.00. The minimum absolute atomic E-state index is 0.0000965. The van der Waals surface area contributed by atoms with Crippen molar-refractivity contribution in [2.75, 3.05) is 12.3 Å². The number of benzene rings is 1. The molecule has 1 aliphatic rings. The average Bonchev–Trinajstić information content (AvgIpc) is 2.97. The van der Waals surface area contributed by atoms with Crippen molar-refractivity contribution in [3.8, 4) is 5.69 Å². The highest BCUT2D eigenvalue weighted by molar-refractivity contribution is 7.89. The van der Waals surface area contributed by atoms with E-state index in [4.69, 9.17) is 5.14 Å². The van der Waals surface area contributed by atoms with Crippen LogP contribution in [0.15, 0.2) is 36.5 Å². The first-order chi connectivity index (χ1) is 11.0. The van der Waals surface area contributed by atoms with E-state index < -0.39 is 10.0 Å². The lowest BCUT2D eigenvalue weighted by Gasteiger charge is -2.35. The number of nitrogens with two attached hydrogens (primary N) is 1. The molecule has 1 atom stereocenters. The number of likely N-dealkylation sites (tertiary alicyclic amines) is 1. The van der Waals surface area contributed by atoms with Gasteiger partial charge in [-0.15, -0.1) is 5.10 Å². The third kappa shape index (κ3) is 4.15. The van der Waals surface area contributed by atoms with Gasteiger partial charge >= 0.3 is 0 Å². The van der Waals surface area contributed by atoms with Crippen molar-refractivity contribution in [2.24, 2.45) is 5.14 Å². The highest BCUT2D eigenvalue weighted by Gasteiger charge is 2.27. The summed E-state index contributed by atoms with van der Waals surface area (Å²) in [5.74, 6) is -0.0000965. The SMILES string of the molecule is NS(=O)(=O)CC1CCCCN1Cc1cnnn1-c1ccccc1. The summed E-state index contributed by atoms with van der Waals surface area (Å²) in [4.78, 5) is 2.17. The zero-order chi connectivity index (χ0) is 16.3. The third-order valence-electron chi connectivity index (χ3n) is 4.16. The molecule has 0 bridgehead atoms. The molecule has 0 radical (unpaired) electrons. The van der Waals surface area contributed by atoms with E-state index in [9.17, 15) is 8.42 Å².